The maximum Gasteiger partial charge on any atom is 0.0720 e. The molecule has 0 amide bonds. The van der Waals surface area contributed by atoms with Crippen LogP contribution in [-0.2, 0) is 16.2 Å². The number of benzene rings is 6. The molecule has 9 rings (SSSR count). The molecule has 6 aromatic rings. The van der Waals surface area contributed by atoms with E-state index < -0.39 is 5.41 Å². The Morgan fingerprint density at radius 1 is 0.333 bits per heavy atom. The van der Waals surface area contributed by atoms with E-state index in [4.69, 9.17) is 0 Å². The summed E-state index contributed by atoms with van der Waals surface area (Å²) in [6.45, 7) is 6.98. The molecule has 2 spiro atoms. The van der Waals surface area contributed by atoms with Crippen molar-refractivity contribution in [2.75, 3.05) is 0 Å². The van der Waals surface area contributed by atoms with Crippen molar-refractivity contribution in [1.82, 2.24) is 0 Å². The van der Waals surface area contributed by atoms with Gasteiger partial charge in [-0.3, -0.25) is 0 Å². The van der Waals surface area contributed by atoms with E-state index in [9.17, 15) is 0 Å². The first-order valence-electron chi connectivity index (χ1n) is 15.1. The highest BCUT2D eigenvalue weighted by Gasteiger charge is 2.58. The van der Waals surface area contributed by atoms with Crippen molar-refractivity contribution in [3.8, 4) is 22.3 Å². The summed E-state index contributed by atoms with van der Waals surface area (Å²) in [6, 6.07) is 53.3. The normalized spacial score (nSPS) is 15.9. The fourth-order valence-corrected chi connectivity index (χ4v) is 8.71. The molecular formula is C42H32. The fourth-order valence-electron chi connectivity index (χ4n) is 8.71. The monoisotopic (exact) mass is 536 g/mol. The Labute approximate surface area is 248 Å². The van der Waals surface area contributed by atoms with Crippen molar-refractivity contribution in [1.29, 1.82) is 0 Å². The molecule has 3 aliphatic carbocycles. The number of fused-ring (bicyclic) bond motifs is 16. The van der Waals surface area contributed by atoms with Crippen LogP contribution < -0.4 is 0 Å². The third kappa shape index (κ3) is 2.65. The molecule has 0 radical (unpaired) electrons. The van der Waals surface area contributed by atoms with Gasteiger partial charge in [0.25, 0.3) is 0 Å². The van der Waals surface area contributed by atoms with Crippen LogP contribution in [0.15, 0.2) is 140 Å². The molecular weight excluding hydrogens is 504 g/mol. The molecule has 3 aliphatic rings. The summed E-state index contributed by atoms with van der Waals surface area (Å²) in [5.41, 5.74) is 17.2. The second kappa shape index (κ2) is 7.99. The van der Waals surface area contributed by atoms with Crippen LogP contribution in [0, 0.1) is 0 Å². The molecule has 0 heteroatoms. The van der Waals surface area contributed by atoms with E-state index in [1.54, 1.807) is 0 Å². The number of rotatable bonds is 0. The molecule has 200 valence electrons. The summed E-state index contributed by atoms with van der Waals surface area (Å²) >= 11 is 0. The van der Waals surface area contributed by atoms with Crippen molar-refractivity contribution in [2.24, 2.45) is 0 Å². The fraction of sp³-hybridized carbons (Fsp3) is 0.143. The van der Waals surface area contributed by atoms with Crippen LogP contribution in [-0.4, -0.2) is 0 Å². The summed E-state index contributed by atoms with van der Waals surface area (Å²) in [4.78, 5) is 0. The van der Waals surface area contributed by atoms with E-state index in [0.717, 1.165) is 0 Å². The zero-order valence-electron chi connectivity index (χ0n) is 24.3. The van der Waals surface area contributed by atoms with Crippen LogP contribution in [0.5, 0.6) is 0 Å². The van der Waals surface area contributed by atoms with E-state index >= 15 is 0 Å². The first kappa shape index (κ1) is 24.0. The van der Waals surface area contributed by atoms with Crippen molar-refractivity contribution in [2.45, 2.75) is 37.0 Å². The smallest absolute Gasteiger partial charge is 0.0619 e. The summed E-state index contributed by atoms with van der Waals surface area (Å²) in [5, 5.41) is 0. The van der Waals surface area contributed by atoms with E-state index in [2.05, 4.69) is 160 Å². The standard InChI is InChI=1S/C42H32/c1-40(2,3)27-24-25-31-30-16-6-9-19-34(30)42(39(31)26-27)37-22-12-10-20-35(37)41(36-21-11-13-23-38(36)42)32-17-7-4-14-28(32)29-15-5-8-18-33(29)41/h4-26H,1-3H3. The maximum absolute atomic E-state index is 2.53. The van der Waals surface area contributed by atoms with E-state index in [0.29, 0.717) is 0 Å². The van der Waals surface area contributed by atoms with Gasteiger partial charge in [0, 0.05) is 0 Å². The molecule has 0 aliphatic heterocycles. The minimum Gasteiger partial charge on any atom is -0.0619 e. The predicted molar refractivity (Wildman–Crippen MR) is 173 cm³/mol. The van der Waals surface area contributed by atoms with Crippen LogP contribution >= 0.6 is 0 Å². The molecule has 0 bridgehead atoms. The summed E-state index contributed by atoms with van der Waals surface area (Å²) in [7, 11) is 0. The van der Waals surface area contributed by atoms with Gasteiger partial charge in [-0.15, -0.1) is 0 Å². The second-order valence-corrected chi connectivity index (χ2v) is 13.2. The molecule has 0 N–H and O–H groups in total. The Hall–Kier alpha value is -4.68. The number of hydrogen-bond acceptors (Lipinski definition) is 0. The van der Waals surface area contributed by atoms with Gasteiger partial charge in [0.15, 0.2) is 0 Å². The summed E-state index contributed by atoms with van der Waals surface area (Å²) < 4.78 is 0. The van der Waals surface area contributed by atoms with Gasteiger partial charge in [0.1, 0.15) is 0 Å². The lowest BCUT2D eigenvalue weighted by Crippen LogP contribution is -2.43. The first-order valence-corrected chi connectivity index (χ1v) is 15.1. The van der Waals surface area contributed by atoms with Crippen molar-refractivity contribution >= 4 is 0 Å². The summed E-state index contributed by atoms with van der Waals surface area (Å²) in [6.07, 6.45) is 0. The number of hydrogen-bond donors (Lipinski definition) is 0. The van der Waals surface area contributed by atoms with Crippen LogP contribution in [0.4, 0.5) is 0 Å². The SMILES string of the molecule is CC(C)(C)c1ccc2c(c1)C1(c3ccccc3-2)c2ccccc2C2(c3ccccc3-c3ccccc32)c2ccccc21. The highest BCUT2D eigenvalue weighted by molar-refractivity contribution is 5.93. The van der Waals surface area contributed by atoms with Gasteiger partial charge in [-0.25, -0.2) is 0 Å². The van der Waals surface area contributed by atoms with Gasteiger partial charge < -0.3 is 0 Å². The molecule has 0 nitrogen and oxygen atoms in total. The first-order chi connectivity index (χ1) is 20.5. The molecule has 6 aromatic carbocycles. The highest BCUT2D eigenvalue weighted by atomic mass is 14.6. The lowest BCUT2D eigenvalue weighted by Gasteiger charge is -2.49. The second-order valence-electron chi connectivity index (χ2n) is 13.2. The Morgan fingerprint density at radius 3 is 1.02 bits per heavy atom. The maximum atomic E-state index is 2.53. The Balaban J connectivity index is 1.51. The molecule has 0 saturated carbocycles. The van der Waals surface area contributed by atoms with Crippen LogP contribution in [0.1, 0.15) is 70.8 Å². The van der Waals surface area contributed by atoms with Gasteiger partial charge in [0.2, 0.25) is 0 Å². The van der Waals surface area contributed by atoms with Gasteiger partial charge in [-0.2, -0.15) is 0 Å². The zero-order valence-corrected chi connectivity index (χ0v) is 24.3. The molecule has 0 saturated heterocycles. The van der Waals surface area contributed by atoms with Crippen LogP contribution in [0.2, 0.25) is 0 Å². The van der Waals surface area contributed by atoms with Gasteiger partial charge in [-0.1, -0.05) is 160 Å². The third-order valence-electron chi connectivity index (χ3n) is 10.3. The average Bonchev–Trinajstić information content (AvgIpc) is 3.49. The third-order valence-corrected chi connectivity index (χ3v) is 10.3. The Kier molecular flexibility index (Phi) is 4.56. The average molecular weight is 537 g/mol. The predicted octanol–water partition coefficient (Wildman–Crippen LogP) is 10.0. The van der Waals surface area contributed by atoms with E-state index in [-0.39, 0.29) is 10.8 Å². The largest absolute Gasteiger partial charge is 0.0720 e. The minimum atomic E-state index is -0.405. The van der Waals surface area contributed by atoms with Crippen molar-refractivity contribution in [3.05, 3.63) is 190 Å². The van der Waals surface area contributed by atoms with E-state index in [1.807, 2.05) is 0 Å². The molecule has 42 heavy (non-hydrogen) atoms. The molecule has 0 unspecified atom stereocenters. The van der Waals surface area contributed by atoms with Crippen LogP contribution in [0.25, 0.3) is 22.3 Å². The lowest BCUT2D eigenvalue weighted by atomic mass is 9.52. The topological polar surface area (TPSA) is 0 Å². The Morgan fingerprint density at radius 2 is 0.643 bits per heavy atom. The van der Waals surface area contributed by atoms with Gasteiger partial charge >= 0.3 is 0 Å². The van der Waals surface area contributed by atoms with Gasteiger partial charge in [-0.05, 0) is 77.7 Å². The highest BCUT2D eigenvalue weighted by Crippen LogP contribution is 2.67. The summed E-state index contributed by atoms with van der Waals surface area (Å²) in [5.74, 6) is 0. The molecule has 0 aromatic heterocycles. The van der Waals surface area contributed by atoms with Crippen molar-refractivity contribution in [3.63, 3.8) is 0 Å². The minimum absolute atomic E-state index is 0.0449. The molecule has 0 heterocycles. The van der Waals surface area contributed by atoms with Crippen molar-refractivity contribution < 1.29 is 0 Å². The van der Waals surface area contributed by atoms with Crippen LogP contribution in [0.3, 0.4) is 0 Å². The van der Waals surface area contributed by atoms with Gasteiger partial charge in [0.05, 0.1) is 10.8 Å². The van der Waals surface area contributed by atoms with E-state index in [1.165, 1.54) is 72.3 Å². The quantitative estimate of drug-likeness (QED) is 0.181. The lowest BCUT2D eigenvalue weighted by molar-refractivity contribution is 0.585. The molecule has 0 atom stereocenters. The molecule has 0 fully saturated rings. The zero-order chi connectivity index (χ0) is 28.3. The Bertz CT molecular complexity index is 1990.